The lowest BCUT2D eigenvalue weighted by Gasteiger charge is -2.19. The van der Waals surface area contributed by atoms with E-state index in [4.69, 9.17) is 4.98 Å². The molecule has 1 N–H and O–H groups in total. The summed E-state index contributed by atoms with van der Waals surface area (Å²) in [7, 11) is 0. The first-order chi connectivity index (χ1) is 17.1. The van der Waals surface area contributed by atoms with Gasteiger partial charge in [-0.3, -0.25) is 9.67 Å². The molecule has 1 unspecified atom stereocenters. The van der Waals surface area contributed by atoms with E-state index < -0.39 is 17.2 Å². The van der Waals surface area contributed by atoms with E-state index in [1.165, 1.54) is 18.2 Å². The van der Waals surface area contributed by atoms with Crippen molar-refractivity contribution >= 4 is 0 Å². The lowest BCUT2D eigenvalue weighted by Crippen LogP contribution is -2.26. The van der Waals surface area contributed by atoms with Crippen molar-refractivity contribution in [1.82, 2.24) is 25.0 Å². The van der Waals surface area contributed by atoms with E-state index in [9.17, 15) is 13.9 Å². The quantitative estimate of drug-likeness (QED) is 0.321. The van der Waals surface area contributed by atoms with Crippen LogP contribution in [-0.4, -0.2) is 35.7 Å². The fourth-order valence-corrected chi connectivity index (χ4v) is 4.19. The van der Waals surface area contributed by atoms with Gasteiger partial charge in [0.1, 0.15) is 17.3 Å². The minimum Gasteiger partial charge on any atom is -0.389 e. The van der Waals surface area contributed by atoms with Crippen LogP contribution in [0.2, 0.25) is 0 Å². The molecule has 0 fully saturated rings. The Labute approximate surface area is 210 Å². The van der Waals surface area contributed by atoms with E-state index in [0.29, 0.717) is 17.9 Å². The summed E-state index contributed by atoms with van der Waals surface area (Å²) in [5.74, 6) is -1.44. The first-order valence-corrected chi connectivity index (χ1v) is 12.1. The van der Waals surface area contributed by atoms with E-state index in [-0.39, 0.29) is 23.1 Å². The van der Waals surface area contributed by atoms with Crippen LogP contribution in [0.5, 0.6) is 0 Å². The summed E-state index contributed by atoms with van der Waals surface area (Å²) in [6, 6.07) is 13.1. The molecule has 6 nitrogen and oxygen atoms in total. The molecule has 0 amide bonds. The van der Waals surface area contributed by atoms with Gasteiger partial charge in [-0.25, -0.2) is 8.78 Å². The van der Waals surface area contributed by atoms with Gasteiger partial charge in [-0.15, -0.1) is 0 Å². The summed E-state index contributed by atoms with van der Waals surface area (Å²) in [6.45, 7) is 9.96. The Kier molecular flexibility index (Phi) is 7.26. The normalized spacial score (nSPS) is 13.6. The first-order valence-electron chi connectivity index (χ1n) is 12.1. The van der Waals surface area contributed by atoms with Crippen molar-refractivity contribution in [1.29, 1.82) is 0 Å². The summed E-state index contributed by atoms with van der Waals surface area (Å²) >= 11 is 0. The van der Waals surface area contributed by atoms with Crippen molar-refractivity contribution in [2.75, 3.05) is 0 Å². The van der Waals surface area contributed by atoms with Crippen LogP contribution in [-0.2, 0) is 6.54 Å². The van der Waals surface area contributed by atoms with Crippen LogP contribution in [0.3, 0.4) is 0 Å². The maximum absolute atomic E-state index is 14.4. The third-order valence-corrected chi connectivity index (χ3v) is 6.29. The molecule has 3 aromatic heterocycles. The monoisotopic (exact) mass is 491 g/mol. The highest BCUT2D eigenvalue weighted by atomic mass is 19.1. The van der Waals surface area contributed by atoms with Gasteiger partial charge in [0.25, 0.3) is 0 Å². The van der Waals surface area contributed by atoms with E-state index >= 15 is 0 Å². The highest BCUT2D eigenvalue weighted by Crippen LogP contribution is 2.34. The van der Waals surface area contributed by atoms with Crippen LogP contribution in [0.25, 0.3) is 22.6 Å². The average Bonchev–Trinajstić information content (AvgIpc) is 3.30. The van der Waals surface area contributed by atoms with Crippen LogP contribution < -0.4 is 0 Å². The molecule has 188 valence electrons. The van der Waals surface area contributed by atoms with Crippen molar-refractivity contribution in [2.24, 2.45) is 0 Å². The topological polar surface area (TPSA) is 76.7 Å². The van der Waals surface area contributed by atoms with E-state index in [2.05, 4.69) is 29.1 Å². The van der Waals surface area contributed by atoms with Crippen molar-refractivity contribution in [3.63, 3.8) is 0 Å². The molecule has 3 heterocycles. The average molecular weight is 492 g/mol. The Balaban J connectivity index is 1.71. The Bertz CT molecular complexity index is 1340. The molecular weight excluding hydrogens is 460 g/mol. The van der Waals surface area contributed by atoms with Crippen LogP contribution >= 0.6 is 0 Å². The fourth-order valence-electron chi connectivity index (χ4n) is 4.19. The van der Waals surface area contributed by atoms with Crippen molar-refractivity contribution in [2.45, 2.75) is 65.0 Å². The molecular formula is C28H31F2N5O. The van der Waals surface area contributed by atoms with Crippen LogP contribution in [0.15, 0.2) is 54.7 Å². The van der Waals surface area contributed by atoms with Crippen molar-refractivity contribution < 1.29 is 13.9 Å². The van der Waals surface area contributed by atoms with Crippen molar-refractivity contribution in [3.05, 3.63) is 83.3 Å². The summed E-state index contributed by atoms with van der Waals surface area (Å²) < 4.78 is 30.6. The Morgan fingerprint density at radius 2 is 1.64 bits per heavy atom. The van der Waals surface area contributed by atoms with Crippen LogP contribution in [0.1, 0.15) is 69.8 Å². The number of hydrogen-bond donors (Lipinski definition) is 1. The second kappa shape index (κ2) is 10.2. The second-order valence-electron chi connectivity index (χ2n) is 9.86. The molecule has 0 radical (unpaired) electrons. The molecule has 2 atom stereocenters. The van der Waals surface area contributed by atoms with Gasteiger partial charge in [0.05, 0.1) is 34.8 Å². The largest absolute Gasteiger partial charge is 0.389 e. The van der Waals surface area contributed by atoms with Gasteiger partial charge in [-0.2, -0.15) is 15.3 Å². The summed E-state index contributed by atoms with van der Waals surface area (Å²) in [5.41, 5.74) is 2.93. The van der Waals surface area contributed by atoms with Gasteiger partial charge in [0, 0.05) is 17.8 Å². The van der Waals surface area contributed by atoms with Gasteiger partial charge in [-0.1, -0.05) is 32.9 Å². The highest BCUT2D eigenvalue weighted by molar-refractivity contribution is 5.62. The number of nitrogens with zero attached hydrogens (tertiary/aromatic N) is 5. The minimum atomic E-state index is -0.879. The molecule has 0 aliphatic carbocycles. The number of halogens is 2. The van der Waals surface area contributed by atoms with E-state index in [1.807, 2.05) is 37.4 Å². The number of pyridine rings is 1. The number of aromatic nitrogens is 5. The molecule has 0 bridgehead atoms. The number of aliphatic hydroxyl groups is 1. The lowest BCUT2D eigenvalue weighted by molar-refractivity contribution is 0.0578. The molecule has 0 saturated heterocycles. The Hall–Kier alpha value is -3.52. The van der Waals surface area contributed by atoms with Crippen LogP contribution in [0.4, 0.5) is 8.78 Å². The van der Waals surface area contributed by atoms with Gasteiger partial charge in [-0.05, 0) is 68.1 Å². The third-order valence-electron chi connectivity index (χ3n) is 6.29. The molecule has 0 spiro atoms. The zero-order valence-corrected chi connectivity index (χ0v) is 21.2. The molecule has 4 rings (SSSR count). The van der Waals surface area contributed by atoms with Gasteiger partial charge >= 0.3 is 0 Å². The first kappa shape index (κ1) is 25.6. The van der Waals surface area contributed by atoms with Crippen molar-refractivity contribution in [3.8, 4) is 22.6 Å². The van der Waals surface area contributed by atoms with Gasteiger partial charge in [0.15, 0.2) is 0 Å². The van der Waals surface area contributed by atoms with E-state index in [0.717, 1.165) is 23.4 Å². The standard InChI is InChI=1S/C28H31F2N5O/c1-6-17(2)19-15-25(26-20(29)9-7-10-21(26)30)32-33-27(19)18(3)22-11-8-12-23(31-22)24-13-14-35(34-24)16-28(4,5)36/h7-15,17-18,36H,6,16H2,1-5H3/t17-,18?/m0/s1. The smallest absolute Gasteiger partial charge is 0.135 e. The second-order valence-corrected chi connectivity index (χ2v) is 9.86. The summed E-state index contributed by atoms with van der Waals surface area (Å²) in [6.07, 6.45) is 2.65. The van der Waals surface area contributed by atoms with Gasteiger partial charge in [0.2, 0.25) is 0 Å². The fraction of sp³-hybridized carbons (Fsp3) is 0.357. The van der Waals surface area contributed by atoms with Gasteiger partial charge < -0.3 is 5.11 Å². The highest BCUT2D eigenvalue weighted by Gasteiger charge is 2.23. The maximum atomic E-state index is 14.4. The summed E-state index contributed by atoms with van der Waals surface area (Å²) in [4.78, 5) is 4.84. The van der Waals surface area contributed by atoms with Crippen LogP contribution in [0, 0.1) is 11.6 Å². The molecule has 36 heavy (non-hydrogen) atoms. The Morgan fingerprint density at radius 3 is 2.31 bits per heavy atom. The molecule has 0 saturated carbocycles. The lowest BCUT2D eigenvalue weighted by atomic mass is 9.89. The number of hydrogen-bond acceptors (Lipinski definition) is 5. The Morgan fingerprint density at radius 1 is 0.944 bits per heavy atom. The molecule has 0 aliphatic heterocycles. The summed E-state index contributed by atoms with van der Waals surface area (Å²) in [5, 5.41) is 23.3. The third kappa shape index (κ3) is 5.49. The zero-order valence-electron chi connectivity index (χ0n) is 21.2. The molecule has 4 aromatic rings. The molecule has 1 aromatic carbocycles. The number of benzene rings is 1. The SMILES string of the molecule is CC[C@H](C)c1cc(-c2c(F)cccc2F)nnc1C(C)c1cccc(-c2ccn(CC(C)(C)O)n2)n1. The predicted octanol–water partition coefficient (Wildman–Crippen LogP) is 6.12. The molecule has 8 heteroatoms. The predicted molar refractivity (Wildman–Crippen MR) is 135 cm³/mol. The zero-order chi connectivity index (χ0) is 26.0. The maximum Gasteiger partial charge on any atom is 0.135 e. The number of rotatable bonds is 8. The molecule has 0 aliphatic rings. The van der Waals surface area contributed by atoms with E-state index in [1.54, 1.807) is 24.6 Å². The minimum absolute atomic E-state index is 0.104.